The molecule has 0 saturated carbocycles. The highest BCUT2D eigenvalue weighted by molar-refractivity contribution is 7.99. The van der Waals surface area contributed by atoms with Crippen molar-refractivity contribution in [2.75, 3.05) is 11.1 Å². The summed E-state index contributed by atoms with van der Waals surface area (Å²) >= 11 is 2.59. The summed E-state index contributed by atoms with van der Waals surface area (Å²) in [5.41, 5.74) is 0.596. The van der Waals surface area contributed by atoms with Crippen molar-refractivity contribution in [2.24, 2.45) is 5.92 Å². The van der Waals surface area contributed by atoms with E-state index in [4.69, 9.17) is 0 Å². The number of aryl methyl sites for hydroxylation is 1. The van der Waals surface area contributed by atoms with E-state index in [1.165, 1.54) is 16.2 Å². The normalized spacial score (nSPS) is 15.7. The van der Waals surface area contributed by atoms with Crippen LogP contribution in [0.2, 0.25) is 0 Å². The largest absolute Gasteiger partial charge is 0.506 e. The highest BCUT2D eigenvalue weighted by atomic mass is 32.2. The van der Waals surface area contributed by atoms with E-state index in [-0.39, 0.29) is 28.4 Å². The Bertz CT molecular complexity index is 1220. The highest BCUT2D eigenvalue weighted by Crippen LogP contribution is 2.36. The Kier molecular flexibility index (Phi) is 5.48. The number of anilines is 1. The lowest BCUT2D eigenvalue weighted by Gasteiger charge is -2.17. The van der Waals surface area contributed by atoms with Crippen LogP contribution in [0.25, 0.3) is 10.2 Å². The van der Waals surface area contributed by atoms with Gasteiger partial charge in [0.05, 0.1) is 21.7 Å². The van der Waals surface area contributed by atoms with Crippen molar-refractivity contribution in [2.45, 2.75) is 31.3 Å². The number of nitro groups is 1. The van der Waals surface area contributed by atoms with Crippen LogP contribution in [0.3, 0.4) is 0 Å². The number of carbonyl (C=O) groups excluding carboxylic acids is 1. The van der Waals surface area contributed by atoms with Gasteiger partial charge in [-0.3, -0.25) is 19.7 Å². The second-order valence-electron chi connectivity index (χ2n) is 7.20. The molecule has 30 heavy (non-hydrogen) atoms. The van der Waals surface area contributed by atoms with Gasteiger partial charge in [0.1, 0.15) is 10.6 Å². The third-order valence-electron chi connectivity index (χ3n) is 4.95. The zero-order valence-electron chi connectivity index (χ0n) is 15.9. The number of thioether (sulfide) groups is 1. The fourth-order valence-electron chi connectivity index (χ4n) is 3.46. The number of H-pyrrole nitrogens is 1. The van der Waals surface area contributed by atoms with Gasteiger partial charge in [-0.2, -0.15) is 0 Å². The van der Waals surface area contributed by atoms with Gasteiger partial charge in [0.25, 0.3) is 11.2 Å². The van der Waals surface area contributed by atoms with Crippen molar-refractivity contribution in [3.63, 3.8) is 0 Å². The molecule has 1 amide bonds. The van der Waals surface area contributed by atoms with Crippen molar-refractivity contribution in [1.29, 1.82) is 0 Å². The lowest BCUT2D eigenvalue weighted by Crippen LogP contribution is -2.16. The third-order valence-corrected chi connectivity index (χ3v) is 6.97. The number of aromatic hydroxyl groups is 1. The molecule has 0 bridgehead atoms. The van der Waals surface area contributed by atoms with Gasteiger partial charge in [-0.15, -0.1) is 11.3 Å². The number of aromatic nitrogens is 2. The van der Waals surface area contributed by atoms with Crippen LogP contribution in [0.15, 0.2) is 28.2 Å². The molecule has 156 valence electrons. The van der Waals surface area contributed by atoms with Crippen molar-refractivity contribution in [3.05, 3.63) is 49.1 Å². The summed E-state index contributed by atoms with van der Waals surface area (Å²) in [7, 11) is 0. The molecule has 3 N–H and O–H groups in total. The predicted molar refractivity (Wildman–Crippen MR) is 116 cm³/mol. The average Bonchev–Trinajstić information content (AvgIpc) is 3.05. The summed E-state index contributed by atoms with van der Waals surface area (Å²) in [5, 5.41) is 24.1. The first kappa shape index (κ1) is 20.4. The van der Waals surface area contributed by atoms with Gasteiger partial charge < -0.3 is 15.4 Å². The van der Waals surface area contributed by atoms with E-state index in [0.29, 0.717) is 21.3 Å². The Labute approximate surface area is 178 Å². The fourth-order valence-corrected chi connectivity index (χ4v) is 5.56. The van der Waals surface area contributed by atoms with E-state index in [1.807, 2.05) is 0 Å². The molecule has 0 fully saturated rings. The Morgan fingerprint density at radius 3 is 3.07 bits per heavy atom. The van der Waals surface area contributed by atoms with Crippen molar-refractivity contribution >= 4 is 50.6 Å². The number of hydrogen-bond donors (Lipinski definition) is 3. The first-order chi connectivity index (χ1) is 14.3. The van der Waals surface area contributed by atoms with Crippen molar-refractivity contribution < 1.29 is 14.8 Å². The minimum absolute atomic E-state index is 0.0493. The quantitative estimate of drug-likeness (QED) is 0.179. The molecular formula is C19H18N4O5S2. The molecule has 1 unspecified atom stereocenters. The first-order valence-electron chi connectivity index (χ1n) is 9.26. The number of nitro benzene ring substituents is 1. The minimum atomic E-state index is -0.616. The molecular weight excluding hydrogens is 428 g/mol. The lowest BCUT2D eigenvalue weighted by molar-refractivity contribution is -0.384. The van der Waals surface area contributed by atoms with E-state index >= 15 is 0 Å². The topological polar surface area (TPSA) is 138 Å². The molecule has 0 spiro atoms. The summed E-state index contributed by atoms with van der Waals surface area (Å²) in [6.07, 6.45) is 2.88. The van der Waals surface area contributed by atoms with Crippen LogP contribution in [0.1, 0.15) is 23.8 Å². The summed E-state index contributed by atoms with van der Waals surface area (Å²) in [6, 6.07) is 3.37. The van der Waals surface area contributed by atoms with E-state index in [9.17, 15) is 24.8 Å². The number of thiophene rings is 1. The molecule has 2 heterocycles. The zero-order chi connectivity index (χ0) is 21.4. The van der Waals surface area contributed by atoms with Crippen LogP contribution in [0.5, 0.6) is 5.75 Å². The Hall–Kier alpha value is -2.92. The number of carbonyl (C=O) groups is 1. The SMILES string of the molecule is CC1CCc2c(sc3nc(SCC(=O)Nc4cc([N+](=O)[O-])ccc4O)[nH]c(=O)c23)C1. The molecule has 1 aromatic carbocycles. The summed E-state index contributed by atoms with van der Waals surface area (Å²) in [5.74, 6) is -0.255. The minimum Gasteiger partial charge on any atom is -0.506 e. The van der Waals surface area contributed by atoms with Crippen molar-refractivity contribution in [1.82, 2.24) is 9.97 Å². The number of nitrogens with one attached hydrogen (secondary N) is 2. The molecule has 1 atom stereocenters. The van der Waals surface area contributed by atoms with Crippen LogP contribution in [-0.2, 0) is 17.6 Å². The predicted octanol–water partition coefficient (Wildman–Crippen LogP) is 3.45. The molecule has 1 aliphatic rings. The smallest absolute Gasteiger partial charge is 0.271 e. The first-order valence-corrected chi connectivity index (χ1v) is 11.1. The van der Waals surface area contributed by atoms with Gasteiger partial charge in [0.15, 0.2) is 5.16 Å². The molecule has 2 aromatic heterocycles. The molecule has 9 nitrogen and oxygen atoms in total. The van der Waals surface area contributed by atoms with Crippen molar-refractivity contribution in [3.8, 4) is 5.75 Å². The number of phenolic OH excluding ortho intramolecular Hbond substituents is 1. The lowest BCUT2D eigenvalue weighted by atomic mass is 9.89. The summed E-state index contributed by atoms with van der Waals surface area (Å²) in [4.78, 5) is 44.2. The van der Waals surface area contributed by atoms with Gasteiger partial charge in [0, 0.05) is 17.0 Å². The molecule has 0 aliphatic heterocycles. The number of hydrogen-bond acceptors (Lipinski definition) is 8. The van der Waals surface area contributed by atoms with Gasteiger partial charge in [-0.05, 0) is 36.8 Å². The highest BCUT2D eigenvalue weighted by Gasteiger charge is 2.23. The van der Waals surface area contributed by atoms with E-state index in [1.54, 1.807) is 0 Å². The molecule has 11 heteroatoms. The number of phenols is 1. The zero-order valence-corrected chi connectivity index (χ0v) is 17.6. The standard InChI is InChI=1S/C19H18N4O5S2/c1-9-2-4-11-14(6-9)30-18-16(11)17(26)21-19(22-18)29-8-15(25)20-12-7-10(23(27)28)3-5-13(12)24/h3,5,7,9,24H,2,4,6,8H2,1H3,(H,20,25)(H,21,22,26). The van der Waals surface area contributed by atoms with Gasteiger partial charge in [-0.1, -0.05) is 18.7 Å². The Morgan fingerprint density at radius 2 is 2.30 bits per heavy atom. The van der Waals surface area contributed by atoms with E-state index in [0.717, 1.165) is 54.8 Å². The summed E-state index contributed by atoms with van der Waals surface area (Å²) < 4.78 is 0. The molecule has 0 radical (unpaired) electrons. The number of rotatable bonds is 5. The average molecular weight is 447 g/mol. The Morgan fingerprint density at radius 1 is 1.50 bits per heavy atom. The number of fused-ring (bicyclic) bond motifs is 3. The van der Waals surface area contributed by atoms with Gasteiger partial charge in [0.2, 0.25) is 5.91 Å². The number of nitrogens with zero attached hydrogens (tertiary/aromatic N) is 2. The Balaban J connectivity index is 1.49. The number of aromatic amines is 1. The monoisotopic (exact) mass is 446 g/mol. The fraction of sp³-hybridized carbons (Fsp3) is 0.316. The number of benzene rings is 1. The molecule has 0 saturated heterocycles. The van der Waals surface area contributed by atoms with Crippen LogP contribution in [0, 0.1) is 16.0 Å². The van der Waals surface area contributed by atoms with Crippen LogP contribution < -0.4 is 10.9 Å². The van der Waals surface area contributed by atoms with Crippen LogP contribution in [-0.4, -0.2) is 31.7 Å². The number of non-ortho nitro benzene ring substituents is 1. The number of amides is 1. The molecule has 4 rings (SSSR count). The van der Waals surface area contributed by atoms with E-state index in [2.05, 4.69) is 22.2 Å². The third kappa shape index (κ3) is 4.03. The van der Waals surface area contributed by atoms with E-state index < -0.39 is 10.8 Å². The maximum atomic E-state index is 12.6. The second-order valence-corrected chi connectivity index (χ2v) is 9.25. The maximum Gasteiger partial charge on any atom is 0.271 e. The molecule has 3 aromatic rings. The molecule has 1 aliphatic carbocycles. The van der Waals surface area contributed by atoms with Crippen LogP contribution in [0.4, 0.5) is 11.4 Å². The maximum absolute atomic E-state index is 12.6. The van der Waals surface area contributed by atoms with Gasteiger partial charge >= 0.3 is 0 Å². The van der Waals surface area contributed by atoms with Gasteiger partial charge in [-0.25, -0.2) is 4.98 Å². The van der Waals surface area contributed by atoms with Crippen LogP contribution >= 0.6 is 23.1 Å². The summed E-state index contributed by atoms with van der Waals surface area (Å²) in [6.45, 7) is 2.20. The second kappa shape index (κ2) is 8.07.